The zero-order valence-electron chi connectivity index (χ0n) is 13.2. The first-order valence-electron chi connectivity index (χ1n) is 7.23. The Labute approximate surface area is 141 Å². The van der Waals surface area contributed by atoms with E-state index in [0.29, 0.717) is 6.42 Å². The molecule has 4 heteroatoms. The Morgan fingerprint density at radius 2 is 1.86 bits per heavy atom. The monoisotopic (exact) mass is 331 g/mol. The van der Waals surface area contributed by atoms with Crippen LogP contribution in [0.2, 0.25) is 0 Å². The second-order valence-corrected chi connectivity index (χ2v) is 7.11. The molecule has 2 aromatic rings. The summed E-state index contributed by atoms with van der Waals surface area (Å²) in [6.07, 6.45) is 2.53. The number of amides is 1. The van der Waals surface area contributed by atoms with Gasteiger partial charge in [-0.1, -0.05) is 18.2 Å². The van der Waals surface area contributed by atoms with Crippen LogP contribution in [-0.2, 0) is 4.79 Å². The smallest absolute Gasteiger partial charge is 0.225 e. The average Bonchev–Trinajstić information content (AvgIpc) is 2.51. The third-order valence-corrected chi connectivity index (χ3v) is 5.25. The van der Waals surface area contributed by atoms with Gasteiger partial charge in [-0.15, -0.1) is 23.5 Å². The fraction of sp³-hybridized carbons (Fsp3) is 0.278. The van der Waals surface area contributed by atoms with Crippen LogP contribution in [0.15, 0.2) is 52.3 Å². The first-order valence-corrected chi connectivity index (χ1v) is 9.44. The molecule has 2 nitrogen and oxygen atoms in total. The zero-order chi connectivity index (χ0) is 15.9. The lowest BCUT2D eigenvalue weighted by atomic mass is 10.1. The largest absolute Gasteiger partial charge is 0.325 e. The highest BCUT2D eigenvalue weighted by atomic mass is 32.2. The maximum Gasteiger partial charge on any atom is 0.225 e. The van der Waals surface area contributed by atoms with E-state index in [0.717, 1.165) is 16.3 Å². The summed E-state index contributed by atoms with van der Waals surface area (Å²) in [5, 5.41) is 3.00. The molecule has 22 heavy (non-hydrogen) atoms. The number of carbonyl (C=O) groups excluding carboxylic acids is 1. The molecule has 2 aromatic carbocycles. The minimum atomic E-state index is 0.0674. The molecule has 0 atom stereocenters. The summed E-state index contributed by atoms with van der Waals surface area (Å²) < 4.78 is 0. The van der Waals surface area contributed by atoms with Gasteiger partial charge in [0.2, 0.25) is 5.91 Å². The van der Waals surface area contributed by atoms with Crippen LogP contribution in [0.1, 0.15) is 17.5 Å². The van der Waals surface area contributed by atoms with E-state index in [4.69, 9.17) is 0 Å². The van der Waals surface area contributed by atoms with E-state index in [1.165, 1.54) is 16.0 Å². The molecule has 1 N–H and O–H groups in total. The standard InChI is InChI=1S/C18H21NOS2/c1-13-8-9-15(12-14(13)2)22-11-10-18(20)19-16-6-4-5-7-17(16)21-3/h4-9,12H,10-11H2,1-3H3,(H,19,20). The Balaban J connectivity index is 1.84. The SMILES string of the molecule is CSc1ccccc1NC(=O)CCSc1ccc(C)c(C)c1. The van der Waals surface area contributed by atoms with E-state index in [1.807, 2.05) is 30.5 Å². The van der Waals surface area contributed by atoms with Crippen molar-refractivity contribution in [2.75, 3.05) is 17.3 Å². The number of hydrogen-bond acceptors (Lipinski definition) is 3. The van der Waals surface area contributed by atoms with Crippen molar-refractivity contribution in [3.8, 4) is 0 Å². The summed E-state index contributed by atoms with van der Waals surface area (Å²) in [6, 6.07) is 14.3. The second kappa shape index (κ2) is 8.30. The molecule has 0 saturated heterocycles. The molecule has 0 aromatic heterocycles. The van der Waals surface area contributed by atoms with Crippen LogP contribution >= 0.6 is 23.5 Å². The summed E-state index contributed by atoms with van der Waals surface area (Å²) in [5.74, 6) is 0.855. The molecular weight excluding hydrogens is 310 g/mol. The Bertz CT molecular complexity index is 655. The summed E-state index contributed by atoms with van der Waals surface area (Å²) in [4.78, 5) is 14.4. The number of anilines is 1. The number of carbonyl (C=O) groups is 1. The van der Waals surface area contributed by atoms with Gasteiger partial charge in [0.1, 0.15) is 0 Å². The van der Waals surface area contributed by atoms with E-state index >= 15 is 0 Å². The van der Waals surface area contributed by atoms with Gasteiger partial charge in [0.05, 0.1) is 5.69 Å². The van der Waals surface area contributed by atoms with Crippen LogP contribution < -0.4 is 5.32 Å². The highest BCUT2D eigenvalue weighted by Gasteiger charge is 2.06. The van der Waals surface area contributed by atoms with Crippen LogP contribution in [0.4, 0.5) is 5.69 Å². The van der Waals surface area contributed by atoms with E-state index < -0.39 is 0 Å². The van der Waals surface area contributed by atoms with Gasteiger partial charge in [0.15, 0.2) is 0 Å². The molecule has 0 aliphatic carbocycles. The number of thioether (sulfide) groups is 2. The van der Waals surface area contributed by atoms with Gasteiger partial charge in [-0.2, -0.15) is 0 Å². The first kappa shape index (κ1) is 17.0. The molecule has 0 unspecified atom stereocenters. The Kier molecular flexibility index (Phi) is 6.40. The molecule has 116 valence electrons. The molecule has 2 rings (SSSR count). The molecule has 0 aliphatic rings. The maximum atomic E-state index is 12.1. The third-order valence-electron chi connectivity index (χ3n) is 3.46. The number of rotatable bonds is 6. The van der Waals surface area contributed by atoms with Crippen molar-refractivity contribution in [1.82, 2.24) is 0 Å². The quantitative estimate of drug-likeness (QED) is 0.743. The lowest BCUT2D eigenvalue weighted by molar-refractivity contribution is -0.115. The molecule has 0 heterocycles. The predicted octanol–water partition coefficient (Wildman–Crippen LogP) is 5.15. The normalized spacial score (nSPS) is 10.5. The van der Waals surface area contributed by atoms with Crippen molar-refractivity contribution < 1.29 is 4.79 Å². The van der Waals surface area contributed by atoms with Crippen molar-refractivity contribution in [1.29, 1.82) is 0 Å². The van der Waals surface area contributed by atoms with E-state index in [2.05, 4.69) is 37.4 Å². The number of aryl methyl sites for hydroxylation is 2. The second-order valence-electron chi connectivity index (χ2n) is 5.09. The van der Waals surface area contributed by atoms with E-state index in [-0.39, 0.29) is 5.91 Å². The van der Waals surface area contributed by atoms with Crippen molar-refractivity contribution in [2.45, 2.75) is 30.1 Å². The van der Waals surface area contributed by atoms with Gasteiger partial charge >= 0.3 is 0 Å². The fourth-order valence-corrected chi connectivity index (χ4v) is 3.53. The minimum Gasteiger partial charge on any atom is -0.325 e. The van der Waals surface area contributed by atoms with Crippen molar-refractivity contribution in [3.05, 3.63) is 53.6 Å². The minimum absolute atomic E-state index is 0.0674. The first-order chi connectivity index (χ1) is 10.6. The van der Waals surface area contributed by atoms with Gasteiger partial charge in [0.25, 0.3) is 0 Å². The van der Waals surface area contributed by atoms with E-state index in [9.17, 15) is 4.79 Å². The summed E-state index contributed by atoms with van der Waals surface area (Å²) in [5.41, 5.74) is 3.50. The van der Waals surface area contributed by atoms with Crippen LogP contribution in [0.5, 0.6) is 0 Å². The zero-order valence-corrected chi connectivity index (χ0v) is 14.8. The van der Waals surface area contributed by atoms with Crippen LogP contribution in [0.25, 0.3) is 0 Å². The summed E-state index contributed by atoms with van der Waals surface area (Å²) >= 11 is 3.37. The molecule has 0 bridgehead atoms. The highest BCUT2D eigenvalue weighted by molar-refractivity contribution is 7.99. The summed E-state index contributed by atoms with van der Waals surface area (Å²) in [6.45, 7) is 4.23. The van der Waals surface area contributed by atoms with Gasteiger partial charge < -0.3 is 5.32 Å². The van der Waals surface area contributed by atoms with Gasteiger partial charge in [0, 0.05) is 22.0 Å². The Hall–Kier alpha value is -1.39. The van der Waals surface area contributed by atoms with Crippen LogP contribution in [-0.4, -0.2) is 17.9 Å². The molecular formula is C18H21NOS2. The summed E-state index contributed by atoms with van der Waals surface area (Å²) in [7, 11) is 0. The van der Waals surface area contributed by atoms with Gasteiger partial charge in [-0.3, -0.25) is 4.79 Å². The Morgan fingerprint density at radius 3 is 2.59 bits per heavy atom. The molecule has 0 saturated carbocycles. The van der Waals surface area contributed by atoms with Crippen LogP contribution in [0.3, 0.4) is 0 Å². The molecule has 0 aliphatic heterocycles. The number of para-hydroxylation sites is 1. The fourth-order valence-electron chi connectivity index (χ4n) is 2.03. The van der Waals surface area contributed by atoms with Crippen molar-refractivity contribution >= 4 is 35.1 Å². The van der Waals surface area contributed by atoms with Gasteiger partial charge in [-0.05, 0) is 55.5 Å². The maximum absolute atomic E-state index is 12.1. The van der Waals surface area contributed by atoms with E-state index in [1.54, 1.807) is 23.5 Å². The average molecular weight is 332 g/mol. The Morgan fingerprint density at radius 1 is 1.09 bits per heavy atom. The number of benzene rings is 2. The number of hydrogen-bond donors (Lipinski definition) is 1. The molecule has 1 amide bonds. The highest BCUT2D eigenvalue weighted by Crippen LogP contribution is 2.25. The third kappa shape index (κ3) is 4.82. The topological polar surface area (TPSA) is 29.1 Å². The van der Waals surface area contributed by atoms with Gasteiger partial charge in [-0.25, -0.2) is 0 Å². The molecule has 0 fully saturated rings. The van der Waals surface area contributed by atoms with Crippen molar-refractivity contribution in [3.63, 3.8) is 0 Å². The predicted molar refractivity (Wildman–Crippen MR) is 98.1 cm³/mol. The lowest BCUT2D eigenvalue weighted by Gasteiger charge is -2.09. The molecule has 0 radical (unpaired) electrons. The molecule has 0 spiro atoms. The lowest BCUT2D eigenvalue weighted by Crippen LogP contribution is -2.12. The van der Waals surface area contributed by atoms with Crippen LogP contribution in [0, 0.1) is 13.8 Å². The van der Waals surface area contributed by atoms with Crippen molar-refractivity contribution in [2.24, 2.45) is 0 Å². The number of nitrogens with one attached hydrogen (secondary N) is 1.